The number of thioether (sulfide) groups is 1. The standard InChI is InChI=1S/C31H27Cl2N3O3S/c1-5-39-29(37)17-35-20(4)24(23-8-6-7-9-27(23)35)16-28-30(38)36(22-13-11-19(3)26(33)15-22)31(40-28)34-21-12-10-18(2)25(32)14-21/h6-16H,5,17H2,1-4H3/b28-16-,34-31?. The molecule has 5 rings (SSSR count). The van der Waals surface area contributed by atoms with Gasteiger partial charge in [-0.25, -0.2) is 4.99 Å². The number of aliphatic imine (C=N–C) groups is 1. The summed E-state index contributed by atoms with van der Waals surface area (Å²) < 4.78 is 7.12. The second-order valence-electron chi connectivity index (χ2n) is 9.42. The molecule has 1 aromatic heterocycles. The van der Waals surface area contributed by atoms with E-state index in [1.54, 1.807) is 24.0 Å². The molecule has 40 heavy (non-hydrogen) atoms. The van der Waals surface area contributed by atoms with Gasteiger partial charge in [0, 0.05) is 32.2 Å². The number of ether oxygens (including phenoxy) is 1. The quantitative estimate of drug-likeness (QED) is 0.167. The molecule has 3 aromatic carbocycles. The highest BCUT2D eigenvalue weighted by molar-refractivity contribution is 8.19. The molecule has 204 valence electrons. The summed E-state index contributed by atoms with van der Waals surface area (Å²) >= 11 is 14.1. The van der Waals surface area contributed by atoms with Crippen molar-refractivity contribution in [2.45, 2.75) is 34.2 Å². The summed E-state index contributed by atoms with van der Waals surface area (Å²) in [5, 5.41) is 2.58. The maximum Gasteiger partial charge on any atom is 0.325 e. The van der Waals surface area contributed by atoms with E-state index in [2.05, 4.69) is 0 Å². The van der Waals surface area contributed by atoms with Crippen LogP contribution in [0.4, 0.5) is 11.4 Å². The summed E-state index contributed by atoms with van der Waals surface area (Å²) in [5.41, 5.74) is 5.72. The third-order valence-electron chi connectivity index (χ3n) is 6.75. The van der Waals surface area contributed by atoms with Gasteiger partial charge in [0.2, 0.25) is 0 Å². The van der Waals surface area contributed by atoms with Crippen molar-refractivity contribution in [2.24, 2.45) is 4.99 Å². The summed E-state index contributed by atoms with van der Waals surface area (Å²) in [7, 11) is 0. The van der Waals surface area contributed by atoms with Crippen molar-refractivity contribution in [3.05, 3.63) is 98.0 Å². The van der Waals surface area contributed by atoms with Gasteiger partial charge in [0.05, 0.1) is 22.9 Å². The van der Waals surface area contributed by atoms with Crippen LogP contribution in [-0.2, 0) is 20.9 Å². The van der Waals surface area contributed by atoms with Crippen molar-refractivity contribution in [2.75, 3.05) is 11.5 Å². The van der Waals surface area contributed by atoms with Gasteiger partial charge in [-0.15, -0.1) is 0 Å². The van der Waals surface area contributed by atoms with E-state index in [-0.39, 0.29) is 18.4 Å². The molecule has 0 spiro atoms. The molecule has 1 amide bonds. The Morgan fingerprint density at radius 1 is 1.00 bits per heavy atom. The lowest BCUT2D eigenvalue weighted by molar-refractivity contribution is -0.143. The zero-order chi connectivity index (χ0) is 28.6. The molecule has 0 atom stereocenters. The van der Waals surface area contributed by atoms with Crippen LogP contribution in [0.1, 0.15) is 29.3 Å². The van der Waals surface area contributed by atoms with Crippen LogP contribution in [0.15, 0.2) is 70.6 Å². The van der Waals surface area contributed by atoms with Crippen LogP contribution in [0.25, 0.3) is 17.0 Å². The zero-order valence-corrected chi connectivity index (χ0v) is 24.8. The minimum atomic E-state index is -0.314. The fourth-order valence-corrected chi connectivity index (χ4v) is 5.90. The molecule has 1 aliphatic rings. The number of halogens is 2. The van der Waals surface area contributed by atoms with Crippen molar-refractivity contribution in [1.82, 2.24) is 4.57 Å². The first-order chi connectivity index (χ1) is 19.2. The number of nitrogens with zero attached hydrogens (tertiary/aromatic N) is 3. The normalized spacial score (nSPS) is 15.6. The molecule has 0 radical (unpaired) electrons. The number of rotatable bonds is 6. The Bertz CT molecular complexity index is 1720. The lowest BCUT2D eigenvalue weighted by Gasteiger charge is -2.16. The van der Waals surface area contributed by atoms with Gasteiger partial charge in [0.25, 0.3) is 5.91 Å². The second-order valence-corrected chi connectivity index (χ2v) is 11.2. The van der Waals surface area contributed by atoms with Crippen molar-refractivity contribution >= 4 is 80.4 Å². The molecule has 0 aliphatic carbocycles. The summed E-state index contributed by atoms with van der Waals surface area (Å²) in [6.45, 7) is 7.96. The molecule has 4 aromatic rings. The molecule has 2 heterocycles. The van der Waals surface area contributed by atoms with Crippen molar-refractivity contribution < 1.29 is 14.3 Å². The predicted octanol–water partition coefficient (Wildman–Crippen LogP) is 8.25. The van der Waals surface area contributed by atoms with E-state index in [1.807, 2.05) is 79.9 Å². The number of benzene rings is 3. The van der Waals surface area contributed by atoms with E-state index in [0.29, 0.717) is 38.1 Å². The maximum atomic E-state index is 14.0. The van der Waals surface area contributed by atoms with Crippen molar-refractivity contribution in [1.29, 1.82) is 0 Å². The Hall–Kier alpha value is -3.52. The number of hydrogen-bond donors (Lipinski definition) is 0. The first-order valence-electron chi connectivity index (χ1n) is 12.8. The minimum Gasteiger partial charge on any atom is -0.465 e. The molecule has 0 saturated carbocycles. The van der Waals surface area contributed by atoms with Crippen LogP contribution in [0.5, 0.6) is 0 Å². The van der Waals surface area contributed by atoms with Gasteiger partial charge in [-0.05, 0) is 87.0 Å². The number of amides is 1. The minimum absolute atomic E-state index is 0.0827. The fourth-order valence-electron chi connectivity index (χ4n) is 4.57. The SMILES string of the molecule is CCOC(=O)Cn1c(C)c(/C=C2\SC(=Nc3ccc(C)c(Cl)c3)N(c3ccc(C)c(Cl)c3)C2=O)c2ccccc21. The van der Waals surface area contributed by atoms with Crippen LogP contribution in [0, 0.1) is 20.8 Å². The van der Waals surface area contributed by atoms with Gasteiger partial charge in [-0.3, -0.25) is 14.5 Å². The third-order valence-corrected chi connectivity index (χ3v) is 8.53. The number of hydrogen-bond acceptors (Lipinski definition) is 5. The highest BCUT2D eigenvalue weighted by Crippen LogP contribution is 2.40. The molecular formula is C31H27Cl2N3O3S. The number of aryl methyl sites for hydroxylation is 2. The first kappa shape index (κ1) is 28.0. The molecule has 1 saturated heterocycles. The van der Waals surface area contributed by atoms with Crippen molar-refractivity contribution in [3.8, 4) is 0 Å². The number of carbonyl (C=O) groups is 2. The molecule has 0 N–H and O–H groups in total. The highest BCUT2D eigenvalue weighted by atomic mass is 35.5. The monoisotopic (exact) mass is 591 g/mol. The fraction of sp³-hybridized carbons (Fsp3) is 0.194. The van der Waals surface area contributed by atoms with Crippen LogP contribution in [-0.4, -0.2) is 28.2 Å². The van der Waals surface area contributed by atoms with Gasteiger partial charge in [0.15, 0.2) is 5.17 Å². The predicted molar refractivity (Wildman–Crippen MR) is 166 cm³/mol. The van der Waals surface area contributed by atoms with E-state index in [1.165, 1.54) is 11.8 Å². The van der Waals surface area contributed by atoms with Gasteiger partial charge >= 0.3 is 5.97 Å². The van der Waals surface area contributed by atoms with Crippen LogP contribution >= 0.6 is 35.0 Å². The van der Waals surface area contributed by atoms with Crippen LogP contribution in [0.2, 0.25) is 10.0 Å². The van der Waals surface area contributed by atoms with E-state index >= 15 is 0 Å². The van der Waals surface area contributed by atoms with E-state index in [9.17, 15) is 9.59 Å². The van der Waals surface area contributed by atoms with E-state index < -0.39 is 0 Å². The van der Waals surface area contributed by atoms with E-state index in [0.717, 1.165) is 33.3 Å². The highest BCUT2D eigenvalue weighted by Gasteiger charge is 2.35. The number of fused-ring (bicyclic) bond motifs is 1. The summed E-state index contributed by atoms with van der Waals surface area (Å²) in [6.07, 6.45) is 1.87. The topological polar surface area (TPSA) is 63.9 Å². The Morgan fingerprint density at radius 2 is 1.70 bits per heavy atom. The van der Waals surface area contributed by atoms with Gasteiger partial charge < -0.3 is 9.30 Å². The molecule has 1 aliphatic heterocycles. The molecular weight excluding hydrogens is 565 g/mol. The number of amidine groups is 1. The number of anilines is 1. The Labute approximate surface area is 247 Å². The number of esters is 1. The van der Waals surface area contributed by atoms with E-state index in [4.69, 9.17) is 32.9 Å². The molecule has 0 unspecified atom stereocenters. The van der Waals surface area contributed by atoms with Crippen LogP contribution < -0.4 is 4.90 Å². The molecule has 6 nitrogen and oxygen atoms in total. The zero-order valence-electron chi connectivity index (χ0n) is 22.5. The smallest absolute Gasteiger partial charge is 0.325 e. The van der Waals surface area contributed by atoms with Crippen molar-refractivity contribution in [3.63, 3.8) is 0 Å². The van der Waals surface area contributed by atoms with Crippen LogP contribution in [0.3, 0.4) is 0 Å². The van der Waals surface area contributed by atoms with Gasteiger partial charge in [-0.1, -0.05) is 53.5 Å². The number of carbonyl (C=O) groups excluding carboxylic acids is 2. The summed E-state index contributed by atoms with van der Waals surface area (Å²) in [6, 6.07) is 18.9. The molecule has 0 bridgehead atoms. The Morgan fingerprint density at radius 3 is 2.40 bits per heavy atom. The maximum absolute atomic E-state index is 14.0. The third kappa shape index (κ3) is 5.42. The summed E-state index contributed by atoms with van der Waals surface area (Å²) in [4.78, 5) is 33.2. The lowest BCUT2D eigenvalue weighted by atomic mass is 10.1. The average molecular weight is 593 g/mol. The van der Waals surface area contributed by atoms with Gasteiger partial charge in [-0.2, -0.15) is 0 Å². The number of aromatic nitrogens is 1. The largest absolute Gasteiger partial charge is 0.465 e. The average Bonchev–Trinajstić information content (AvgIpc) is 3.36. The number of para-hydroxylation sites is 1. The second kappa shape index (κ2) is 11.5. The Kier molecular flexibility index (Phi) is 8.08. The molecule has 9 heteroatoms. The summed E-state index contributed by atoms with van der Waals surface area (Å²) in [5.74, 6) is -0.533. The first-order valence-corrected chi connectivity index (χ1v) is 14.3. The van der Waals surface area contributed by atoms with Gasteiger partial charge in [0.1, 0.15) is 6.54 Å². The Balaban J connectivity index is 1.63. The lowest BCUT2D eigenvalue weighted by Crippen LogP contribution is -2.28. The molecule has 1 fully saturated rings.